The van der Waals surface area contributed by atoms with Gasteiger partial charge in [0, 0.05) is 34.1 Å². The maximum Gasteiger partial charge on any atom is 0.0468 e. The smallest absolute Gasteiger partial charge is 0.0468 e. The summed E-state index contributed by atoms with van der Waals surface area (Å²) in [6.45, 7) is 0. The maximum absolute atomic E-state index is 2.39. The van der Waals surface area contributed by atoms with E-state index in [9.17, 15) is 0 Å². The predicted octanol–water partition coefficient (Wildman–Crippen LogP) is 34.4. The molecule has 0 spiro atoms. The molecule has 0 amide bonds. The minimum Gasteiger partial charge on any atom is -0.310 e. The van der Waals surface area contributed by atoms with E-state index in [0.29, 0.717) is 0 Å². The summed E-state index contributed by atoms with van der Waals surface area (Å²) < 4.78 is 0. The van der Waals surface area contributed by atoms with Crippen LogP contribution in [0.3, 0.4) is 0 Å². The summed E-state index contributed by atoms with van der Waals surface area (Å²) in [7, 11) is 0. The van der Waals surface area contributed by atoms with E-state index < -0.39 is 0 Å². The molecule has 0 saturated carbocycles. The number of anilines is 6. The molecule has 0 saturated heterocycles. The summed E-state index contributed by atoms with van der Waals surface area (Å²) in [4.78, 5) is 4.77. The fourth-order valence-electron chi connectivity index (χ4n) is 17.8. The topological polar surface area (TPSA) is 6.48 Å². The highest BCUT2D eigenvalue weighted by Crippen LogP contribution is 2.47. The summed E-state index contributed by atoms with van der Waals surface area (Å²) in [6, 6.07) is 185. The predicted molar refractivity (Wildman–Crippen MR) is 530 cm³/mol. The fourth-order valence-corrected chi connectivity index (χ4v) is 17.8. The van der Waals surface area contributed by atoms with Crippen molar-refractivity contribution >= 4 is 88.0 Å². The summed E-state index contributed by atoms with van der Waals surface area (Å²) >= 11 is 0. The lowest BCUT2D eigenvalue weighted by atomic mass is 9.88. The quantitative estimate of drug-likeness (QED) is 0.0896. The van der Waals surface area contributed by atoms with Gasteiger partial charge in [-0.1, -0.05) is 406 Å². The largest absolute Gasteiger partial charge is 0.310 e. The van der Waals surface area contributed by atoms with E-state index in [0.717, 1.165) is 39.7 Å². The van der Waals surface area contributed by atoms with Crippen LogP contribution in [0.5, 0.6) is 0 Å². The van der Waals surface area contributed by atoms with Crippen molar-refractivity contribution in [3.8, 4) is 122 Å². The van der Waals surface area contributed by atoms with Gasteiger partial charge < -0.3 is 9.80 Å². The van der Waals surface area contributed by atoms with Crippen molar-refractivity contribution in [2.24, 2.45) is 0 Å². The van der Waals surface area contributed by atoms with Crippen LogP contribution in [-0.4, -0.2) is 0 Å². The first-order chi connectivity index (χ1) is 61.4. The van der Waals surface area contributed by atoms with Crippen LogP contribution in [0, 0.1) is 0 Å². The summed E-state index contributed by atoms with van der Waals surface area (Å²) in [5.74, 6) is 0. The highest BCUT2D eigenvalue weighted by Gasteiger charge is 2.22. The third kappa shape index (κ3) is 15.6. The highest BCUT2D eigenvalue weighted by molar-refractivity contribution is 5.98. The van der Waals surface area contributed by atoms with Crippen LogP contribution in [0.2, 0.25) is 0 Å². The zero-order valence-corrected chi connectivity index (χ0v) is 68.4. The van der Waals surface area contributed by atoms with Crippen molar-refractivity contribution in [1.29, 1.82) is 0 Å². The average molecular weight is 1580 g/mol. The van der Waals surface area contributed by atoms with Crippen LogP contribution < -0.4 is 9.80 Å². The van der Waals surface area contributed by atoms with Gasteiger partial charge in [0.25, 0.3) is 0 Å². The number of nitrogens with zero attached hydrogens (tertiary/aromatic N) is 2. The molecular weight excluding hydrogens is 1490 g/mol. The standard InChI is InChI=1S/C62H43N.C60H41N/c1-3-13-44(14-4-1)47-23-27-51(28-24-47)62-43-58(39-40-61(62)60-22-12-11-21-59(60)50-17-5-2-6-18-50)63(56-35-31-48(32-36-56)54-29-25-45-15-7-9-19-52(45)41-54)57-37-33-49(34-38-57)55-30-26-46-16-8-10-20-53(46)42-55;1-2-13-48(14-3-1)60-41-58(36-37-59(60)49-23-18-45(19-24-49)53-25-20-42-10-4-7-15-50(42)38-53)61(56-32-28-46(29-33-56)54-26-21-43-11-5-8-16-51(43)39-54)57-34-30-47(31-35-57)55-27-22-44-12-6-9-17-52(44)40-55/h1-43H;1-41H. The normalized spacial score (nSPS) is 11.2. The maximum atomic E-state index is 2.39. The zero-order chi connectivity index (χ0) is 82.5. The summed E-state index contributed by atoms with van der Waals surface area (Å²) in [5.41, 5.74) is 32.8. The minimum absolute atomic E-state index is 1.08. The van der Waals surface area contributed by atoms with Crippen LogP contribution in [0.1, 0.15) is 0 Å². The van der Waals surface area contributed by atoms with Gasteiger partial charge in [-0.15, -0.1) is 0 Å². The minimum atomic E-state index is 1.08. The first kappa shape index (κ1) is 75.2. The Morgan fingerprint density at radius 3 is 0.589 bits per heavy atom. The lowest BCUT2D eigenvalue weighted by Crippen LogP contribution is -2.10. The van der Waals surface area contributed by atoms with E-state index in [1.807, 2.05) is 0 Å². The van der Waals surface area contributed by atoms with Gasteiger partial charge in [0.15, 0.2) is 0 Å². The van der Waals surface area contributed by atoms with Crippen LogP contribution in [0.25, 0.3) is 176 Å². The number of hydrogen-bond acceptors (Lipinski definition) is 2. The third-order valence-corrected chi connectivity index (χ3v) is 24.3. The number of hydrogen-bond donors (Lipinski definition) is 0. The number of benzene rings is 22. The van der Waals surface area contributed by atoms with E-state index in [2.05, 4.69) is 519 Å². The molecule has 2 heteroatoms. The summed E-state index contributed by atoms with van der Waals surface area (Å²) in [6.07, 6.45) is 0. The molecule has 0 aliphatic rings. The molecule has 0 radical (unpaired) electrons. The van der Waals surface area contributed by atoms with Crippen molar-refractivity contribution in [2.75, 3.05) is 9.80 Å². The molecule has 22 aromatic rings. The molecule has 22 aromatic carbocycles. The lowest BCUT2D eigenvalue weighted by molar-refractivity contribution is 1.28. The molecule has 582 valence electrons. The highest BCUT2D eigenvalue weighted by atomic mass is 15.1. The lowest BCUT2D eigenvalue weighted by Gasteiger charge is -2.27. The molecule has 0 N–H and O–H groups in total. The number of rotatable bonds is 17. The fraction of sp³-hybridized carbons (Fsp3) is 0. The SMILES string of the molecule is c1ccc(-c2cc(N(c3ccc(-c4ccc5ccccc5c4)cc3)c3ccc(-c4ccc5ccccc5c4)cc3)ccc2-c2ccc(-c3ccc4ccccc4c3)cc2)cc1.c1ccc(-c2ccc(-c3cc(N(c4ccc(-c5ccc6ccccc6c5)cc4)c4ccc(-c5ccc6ccccc6c5)cc4)ccc3-c3ccccc3-c3ccccc3)cc2)cc1. The molecule has 22 rings (SSSR count). The monoisotopic (exact) mass is 1580 g/mol. The first-order valence-electron chi connectivity index (χ1n) is 42.6. The second-order valence-corrected chi connectivity index (χ2v) is 31.9. The van der Waals surface area contributed by atoms with E-state index >= 15 is 0 Å². The van der Waals surface area contributed by atoms with Crippen molar-refractivity contribution in [3.63, 3.8) is 0 Å². The van der Waals surface area contributed by atoms with Crippen LogP contribution in [0.4, 0.5) is 34.1 Å². The molecule has 0 bridgehead atoms. The van der Waals surface area contributed by atoms with Gasteiger partial charge in [0.1, 0.15) is 0 Å². The van der Waals surface area contributed by atoms with Gasteiger partial charge >= 0.3 is 0 Å². The summed E-state index contributed by atoms with van der Waals surface area (Å²) in [5, 5.41) is 12.5. The van der Waals surface area contributed by atoms with Gasteiger partial charge in [0.2, 0.25) is 0 Å². The van der Waals surface area contributed by atoms with Crippen molar-refractivity contribution in [3.05, 3.63) is 510 Å². The van der Waals surface area contributed by atoms with Crippen LogP contribution in [0.15, 0.2) is 510 Å². The van der Waals surface area contributed by atoms with E-state index in [1.54, 1.807) is 0 Å². The molecule has 124 heavy (non-hydrogen) atoms. The molecule has 0 aliphatic carbocycles. The van der Waals surface area contributed by atoms with E-state index in [-0.39, 0.29) is 0 Å². The van der Waals surface area contributed by atoms with Crippen LogP contribution in [-0.2, 0) is 0 Å². The Morgan fingerprint density at radius 2 is 0.266 bits per heavy atom. The molecule has 0 aliphatic heterocycles. The van der Waals surface area contributed by atoms with Gasteiger partial charge in [-0.25, -0.2) is 0 Å². The molecule has 2 nitrogen and oxygen atoms in total. The average Bonchev–Trinajstić information content (AvgIpc) is 0.741. The van der Waals surface area contributed by atoms with Gasteiger partial charge in [-0.05, 0) is 279 Å². The molecule has 0 heterocycles. The molecule has 0 atom stereocenters. The Bertz CT molecular complexity index is 7350. The molecular formula is C122H84N2. The van der Waals surface area contributed by atoms with Gasteiger partial charge in [-0.2, -0.15) is 0 Å². The second-order valence-electron chi connectivity index (χ2n) is 31.9. The molecule has 0 unspecified atom stereocenters. The van der Waals surface area contributed by atoms with E-state index in [4.69, 9.17) is 0 Å². The number of fused-ring (bicyclic) bond motifs is 5. The van der Waals surface area contributed by atoms with Crippen molar-refractivity contribution < 1.29 is 0 Å². The Balaban J connectivity index is 0.000000152. The van der Waals surface area contributed by atoms with Gasteiger partial charge in [0.05, 0.1) is 0 Å². The van der Waals surface area contributed by atoms with Gasteiger partial charge in [-0.3, -0.25) is 0 Å². The molecule has 0 fully saturated rings. The Hall–Kier alpha value is -16.3. The second kappa shape index (κ2) is 33.9. The first-order valence-corrected chi connectivity index (χ1v) is 42.6. The molecule has 0 aromatic heterocycles. The van der Waals surface area contributed by atoms with Crippen molar-refractivity contribution in [2.45, 2.75) is 0 Å². The zero-order valence-electron chi connectivity index (χ0n) is 68.4. The Morgan fingerprint density at radius 1 is 0.0887 bits per heavy atom. The third-order valence-electron chi connectivity index (χ3n) is 24.3. The Kier molecular flexibility index (Phi) is 20.5. The van der Waals surface area contributed by atoms with Crippen molar-refractivity contribution in [1.82, 2.24) is 0 Å². The van der Waals surface area contributed by atoms with Crippen LogP contribution >= 0.6 is 0 Å². The Labute approximate surface area is 724 Å². The van der Waals surface area contributed by atoms with E-state index in [1.165, 1.54) is 171 Å².